The van der Waals surface area contributed by atoms with Crippen LogP contribution >= 0.6 is 0 Å². The Morgan fingerprint density at radius 1 is 1.50 bits per heavy atom. The first-order valence-corrected chi connectivity index (χ1v) is 5.35. The number of nitrogens with one attached hydrogen (secondary N) is 2. The number of aromatic amines is 1. The van der Waals surface area contributed by atoms with Crippen LogP contribution in [0.1, 0.15) is 16.2 Å². The van der Waals surface area contributed by atoms with Gasteiger partial charge in [0.1, 0.15) is 5.82 Å². The predicted octanol–water partition coefficient (Wildman–Crippen LogP) is 0.498. The number of aromatic nitrogens is 3. The summed E-state index contributed by atoms with van der Waals surface area (Å²) in [6.07, 6.45) is 0.535. The van der Waals surface area contributed by atoms with Gasteiger partial charge in [0.05, 0.1) is 0 Å². The molecule has 0 aliphatic heterocycles. The van der Waals surface area contributed by atoms with Crippen LogP contribution in [-0.4, -0.2) is 27.6 Å². The SMILES string of the molecule is Nc1n[nH]c(C(=O)NCCc2cccc(F)c2)n1. The number of benzene rings is 1. The van der Waals surface area contributed by atoms with E-state index in [1.54, 1.807) is 12.1 Å². The number of nitrogens with two attached hydrogens (primary N) is 1. The molecule has 4 N–H and O–H groups in total. The minimum absolute atomic E-state index is 0.0188. The van der Waals surface area contributed by atoms with E-state index in [0.717, 1.165) is 5.56 Å². The number of rotatable bonds is 4. The lowest BCUT2D eigenvalue weighted by Crippen LogP contribution is -2.26. The standard InChI is InChI=1S/C11H12FN5O/c12-8-3-1-2-7(6-8)4-5-14-10(18)9-15-11(13)17-16-9/h1-3,6H,4-5H2,(H,14,18)(H3,13,15,16,17). The van der Waals surface area contributed by atoms with Crippen molar-refractivity contribution in [3.63, 3.8) is 0 Å². The summed E-state index contributed by atoms with van der Waals surface area (Å²) < 4.78 is 12.9. The van der Waals surface area contributed by atoms with E-state index in [4.69, 9.17) is 5.73 Å². The van der Waals surface area contributed by atoms with Gasteiger partial charge in [0.25, 0.3) is 5.91 Å². The van der Waals surface area contributed by atoms with Crippen molar-refractivity contribution in [3.05, 3.63) is 41.5 Å². The van der Waals surface area contributed by atoms with Crippen LogP contribution in [-0.2, 0) is 6.42 Å². The largest absolute Gasteiger partial charge is 0.366 e. The molecule has 0 saturated heterocycles. The van der Waals surface area contributed by atoms with E-state index < -0.39 is 5.91 Å². The van der Waals surface area contributed by atoms with Gasteiger partial charge < -0.3 is 11.1 Å². The van der Waals surface area contributed by atoms with Gasteiger partial charge in [-0.2, -0.15) is 4.98 Å². The molecule has 2 aromatic rings. The third-order valence-corrected chi connectivity index (χ3v) is 2.31. The first-order chi connectivity index (χ1) is 8.65. The molecule has 0 aliphatic rings. The molecule has 0 saturated carbocycles. The van der Waals surface area contributed by atoms with Crippen molar-refractivity contribution in [1.82, 2.24) is 20.5 Å². The Bertz CT molecular complexity index is 554. The third kappa shape index (κ3) is 3.03. The minimum Gasteiger partial charge on any atom is -0.366 e. The van der Waals surface area contributed by atoms with Gasteiger partial charge in [-0.3, -0.25) is 9.89 Å². The maximum Gasteiger partial charge on any atom is 0.288 e. The van der Waals surface area contributed by atoms with Crippen LogP contribution in [0.4, 0.5) is 10.3 Å². The van der Waals surface area contributed by atoms with Crippen LogP contribution in [0.3, 0.4) is 0 Å². The fourth-order valence-corrected chi connectivity index (χ4v) is 1.47. The lowest BCUT2D eigenvalue weighted by molar-refractivity contribution is 0.0944. The number of nitrogens with zero attached hydrogens (tertiary/aromatic N) is 2. The molecule has 0 radical (unpaired) electrons. The topological polar surface area (TPSA) is 96.7 Å². The molecule has 0 unspecified atom stereocenters. The number of anilines is 1. The predicted molar refractivity (Wildman–Crippen MR) is 63.2 cm³/mol. The smallest absolute Gasteiger partial charge is 0.288 e. The molecule has 1 aromatic heterocycles. The number of hydrogen-bond acceptors (Lipinski definition) is 4. The Balaban J connectivity index is 1.84. The van der Waals surface area contributed by atoms with Gasteiger partial charge in [0.2, 0.25) is 11.8 Å². The van der Waals surface area contributed by atoms with Crippen molar-refractivity contribution in [3.8, 4) is 0 Å². The van der Waals surface area contributed by atoms with Gasteiger partial charge in [-0.15, -0.1) is 5.10 Å². The number of halogens is 1. The summed E-state index contributed by atoms with van der Waals surface area (Å²) in [6, 6.07) is 6.23. The second kappa shape index (κ2) is 5.26. The van der Waals surface area contributed by atoms with E-state index in [2.05, 4.69) is 20.5 Å². The number of H-pyrrole nitrogens is 1. The van der Waals surface area contributed by atoms with E-state index in [-0.39, 0.29) is 17.6 Å². The number of amides is 1. The van der Waals surface area contributed by atoms with Crippen LogP contribution in [0.2, 0.25) is 0 Å². The summed E-state index contributed by atoms with van der Waals surface area (Å²) in [6.45, 7) is 0.378. The third-order valence-electron chi connectivity index (χ3n) is 2.31. The summed E-state index contributed by atoms with van der Waals surface area (Å²) in [5, 5.41) is 8.58. The van der Waals surface area contributed by atoms with Gasteiger partial charge in [-0.1, -0.05) is 12.1 Å². The molecule has 7 heteroatoms. The van der Waals surface area contributed by atoms with Gasteiger partial charge in [-0.25, -0.2) is 4.39 Å². The highest BCUT2D eigenvalue weighted by molar-refractivity contribution is 5.90. The van der Waals surface area contributed by atoms with Crippen molar-refractivity contribution in [1.29, 1.82) is 0 Å². The van der Waals surface area contributed by atoms with Crippen LogP contribution in [0.15, 0.2) is 24.3 Å². The van der Waals surface area contributed by atoms with E-state index in [1.165, 1.54) is 12.1 Å². The summed E-state index contributed by atoms with van der Waals surface area (Å²) in [5.74, 6) is -0.602. The van der Waals surface area contributed by atoms with Crippen molar-refractivity contribution < 1.29 is 9.18 Å². The Kier molecular flexibility index (Phi) is 3.52. The second-order valence-corrected chi connectivity index (χ2v) is 3.68. The summed E-state index contributed by atoms with van der Waals surface area (Å²) in [4.78, 5) is 15.2. The molecular formula is C11H12FN5O. The molecule has 1 aromatic carbocycles. The number of carbonyl (C=O) groups is 1. The van der Waals surface area contributed by atoms with Gasteiger partial charge in [0, 0.05) is 6.54 Å². The van der Waals surface area contributed by atoms with Crippen LogP contribution in [0.5, 0.6) is 0 Å². The number of carbonyl (C=O) groups excluding carboxylic acids is 1. The van der Waals surface area contributed by atoms with Crippen molar-refractivity contribution in [2.45, 2.75) is 6.42 Å². The Morgan fingerprint density at radius 2 is 2.33 bits per heavy atom. The Labute approximate surface area is 102 Å². The second-order valence-electron chi connectivity index (χ2n) is 3.68. The van der Waals surface area contributed by atoms with E-state index in [0.29, 0.717) is 13.0 Å². The lowest BCUT2D eigenvalue weighted by atomic mass is 10.1. The Hall–Kier alpha value is -2.44. The zero-order valence-corrected chi connectivity index (χ0v) is 9.48. The average Bonchev–Trinajstić information content (AvgIpc) is 2.76. The van der Waals surface area contributed by atoms with Crippen LogP contribution in [0, 0.1) is 5.82 Å². The lowest BCUT2D eigenvalue weighted by Gasteiger charge is -2.03. The highest BCUT2D eigenvalue weighted by Gasteiger charge is 2.09. The van der Waals surface area contributed by atoms with Crippen molar-refractivity contribution in [2.75, 3.05) is 12.3 Å². The Morgan fingerprint density at radius 3 is 3.00 bits per heavy atom. The van der Waals surface area contributed by atoms with Gasteiger partial charge >= 0.3 is 0 Å². The molecule has 0 bridgehead atoms. The van der Waals surface area contributed by atoms with E-state index in [1.807, 2.05) is 0 Å². The molecule has 1 heterocycles. The molecular weight excluding hydrogens is 237 g/mol. The summed E-state index contributed by atoms with van der Waals surface area (Å²) in [7, 11) is 0. The summed E-state index contributed by atoms with van der Waals surface area (Å²) in [5.41, 5.74) is 6.09. The average molecular weight is 249 g/mol. The van der Waals surface area contributed by atoms with Crippen LogP contribution in [0.25, 0.3) is 0 Å². The highest BCUT2D eigenvalue weighted by Crippen LogP contribution is 2.03. The molecule has 18 heavy (non-hydrogen) atoms. The molecule has 6 nitrogen and oxygen atoms in total. The fraction of sp³-hybridized carbons (Fsp3) is 0.182. The van der Waals surface area contributed by atoms with Crippen molar-refractivity contribution >= 4 is 11.9 Å². The van der Waals surface area contributed by atoms with Gasteiger partial charge in [-0.05, 0) is 24.1 Å². The maximum atomic E-state index is 12.9. The molecule has 0 spiro atoms. The first kappa shape index (κ1) is 12.0. The van der Waals surface area contributed by atoms with E-state index >= 15 is 0 Å². The van der Waals surface area contributed by atoms with Crippen LogP contribution < -0.4 is 11.1 Å². The van der Waals surface area contributed by atoms with Gasteiger partial charge in [0.15, 0.2) is 0 Å². The zero-order valence-electron chi connectivity index (χ0n) is 9.48. The van der Waals surface area contributed by atoms with E-state index in [9.17, 15) is 9.18 Å². The molecule has 0 aliphatic carbocycles. The monoisotopic (exact) mass is 249 g/mol. The number of hydrogen-bond donors (Lipinski definition) is 3. The normalized spacial score (nSPS) is 10.3. The number of nitrogen functional groups attached to an aromatic ring is 1. The fourth-order valence-electron chi connectivity index (χ4n) is 1.47. The molecule has 2 rings (SSSR count). The maximum absolute atomic E-state index is 12.9. The molecule has 94 valence electrons. The first-order valence-electron chi connectivity index (χ1n) is 5.35. The highest BCUT2D eigenvalue weighted by atomic mass is 19.1. The summed E-state index contributed by atoms with van der Waals surface area (Å²) >= 11 is 0. The quantitative estimate of drug-likeness (QED) is 0.735. The minimum atomic E-state index is -0.393. The molecule has 1 amide bonds. The van der Waals surface area contributed by atoms with Crippen molar-refractivity contribution in [2.24, 2.45) is 0 Å². The zero-order chi connectivity index (χ0) is 13.0. The molecule has 0 atom stereocenters. The molecule has 0 fully saturated rings.